The molecular formula is C23H47NO7. The Morgan fingerprint density at radius 1 is 0.806 bits per heavy atom. The van der Waals surface area contributed by atoms with Gasteiger partial charge in [0, 0.05) is 20.2 Å². The van der Waals surface area contributed by atoms with Gasteiger partial charge in [-0.3, -0.25) is 4.90 Å². The predicted molar refractivity (Wildman–Crippen MR) is 120 cm³/mol. The van der Waals surface area contributed by atoms with Gasteiger partial charge < -0.3 is 33.2 Å². The smallest absolute Gasteiger partial charge is 0.191 e. The molecule has 1 aliphatic heterocycles. The van der Waals surface area contributed by atoms with Crippen LogP contribution in [0.15, 0.2) is 0 Å². The second kappa shape index (κ2) is 20.3. The maximum absolute atomic E-state index is 5.91. The van der Waals surface area contributed by atoms with Crippen molar-refractivity contribution in [2.75, 3.05) is 93.0 Å². The SMILES string of the molecule is CCCCCCCCN1CCOCCOCC(C)(OCOCCOC)OCCOCC1. The fraction of sp³-hybridized carbons (Fsp3) is 1.00. The second-order valence-corrected chi connectivity index (χ2v) is 8.03. The highest BCUT2D eigenvalue weighted by Gasteiger charge is 2.27. The van der Waals surface area contributed by atoms with Gasteiger partial charge in [0.2, 0.25) is 0 Å². The normalized spacial score (nSPS) is 23.3. The van der Waals surface area contributed by atoms with Crippen LogP contribution in [0.25, 0.3) is 0 Å². The summed E-state index contributed by atoms with van der Waals surface area (Å²) in [6, 6.07) is 0. The van der Waals surface area contributed by atoms with E-state index in [9.17, 15) is 0 Å². The van der Waals surface area contributed by atoms with E-state index >= 15 is 0 Å². The van der Waals surface area contributed by atoms with Crippen molar-refractivity contribution in [3.05, 3.63) is 0 Å². The molecule has 8 nitrogen and oxygen atoms in total. The summed E-state index contributed by atoms with van der Waals surface area (Å²) in [7, 11) is 1.64. The zero-order valence-corrected chi connectivity index (χ0v) is 20.2. The van der Waals surface area contributed by atoms with E-state index in [4.69, 9.17) is 33.2 Å². The van der Waals surface area contributed by atoms with Crippen LogP contribution in [0.3, 0.4) is 0 Å². The molecule has 0 saturated carbocycles. The summed E-state index contributed by atoms with van der Waals surface area (Å²) in [5.74, 6) is -0.888. The zero-order chi connectivity index (χ0) is 22.5. The first kappa shape index (κ1) is 28.7. The van der Waals surface area contributed by atoms with Crippen molar-refractivity contribution in [3.8, 4) is 0 Å². The minimum atomic E-state index is -0.888. The average molecular weight is 450 g/mol. The standard InChI is InChI=1S/C23H47NO7/c1-4-5-6-7-8-9-10-24-11-13-26-17-18-28-21-23(2,30-20-19-27-14-12-24)31-22-29-16-15-25-3/h4-22H2,1-3H3. The average Bonchev–Trinajstić information content (AvgIpc) is 2.77. The lowest BCUT2D eigenvalue weighted by molar-refractivity contribution is -0.285. The summed E-state index contributed by atoms with van der Waals surface area (Å²) < 4.78 is 39.3. The van der Waals surface area contributed by atoms with Crippen molar-refractivity contribution in [3.63, 3.8) is 0 Å². The Labute approximate surface area is 189 Å². The maximum Gasteiger partial charge on any atom is 0.191 e. The Bertz CT molecular complexity index is 389. The fourth-order valence-corrected chi connectivity index (χ4v) is 3.23. The van der Waals surface area contributed by atoms with Crippen molar-refractivity contribution in [1.29, 1.82) is 0 Å². The molecule has 0 aliphatic carbocycles. The summed E-state index contributed by atoms with van der Waals surface area (Å²) in [4.78, 5) is 2.44. The van der Waals surface area contributed by atoms with Crippen molar-refractivity contribution in [2.45, 2.75) is 58.2 Å². The molecule has 0 N–H and O–H groups in total. The molecule has 0 amide bonds. The highest BCUT2D eigenvalue weighted by atomic mass is 16.8. The molecule has 0 spiro atoms. The summed E-state index contributed by atoms with van der Waals surface area (Å²) in [5.41, 5.74) is 0. The molecule has 0 aromatic carbocycles. The van der Waals surface area contributed by atoms with Crippen LogP contribution in [0.2, 0.25) is 0 Å². The largest absolute Gasteiger partial charge is 0.382 e. The Balaban J connectivity index is 2.33. The third kappa shape index (κ3) is 16.9. The number of unbranched alkanes of at least 4 members (excludes halogenated alkanes) is 5. The molecule has 1 rings (SSSR count). The van der Waals surface area contributed by atoms with Crippen molar-refractivity contribution in [2.24, 2.45) is 0 Å². The molecule has 31 heavy (non-hydrogen) atoms. The molecule has 1 saturated heterocycles. The van der Waals surface area contributed by atoms with E-state index in [1.54, 1.807) is 7.11 Å². The van der Waals surface area contributed by atoms with Crippen LogP contribution in [0.4, 0.5) is 0 Å². The van der Waals surface area contributed by atoms with E-state index in [2.05, 4.69) is 11.8 Å². The van der Waals surface area contributed by atoms with Crippen LogP contribution in [0.5, 0.6) is 0 Å². The lowest BCUT2D eigenvalue weighted by atomic mass is 10.1. The van der Waals surface area contributed by atoms with Gasteiger partial charge in [-0.2, -0.15) is 0 Å². The highest BCUT2D eigenvalue weighted by molar-refractivity contribution is 4.63. The number of hydrogen-bond acceptors (Lipinski definition) is 8. The summed E-state index contributed by atoms with van der Waals surface area (Å²) in [6.45, 7) is 11.9. The van der Waals surface area contributed by atoms with E-state index in [1.807, 2.05) is 6.92 Å². The number of nitrogens with zero attached hydrogens (tertiary/aromatic N) is 1. The van der Waals surface area contributed by atoms with Crippen molar-refractivity contribution >= 4 is 0 Å². The molecule has 8 heteroatoms. The Morgan fingerprint density at radius 3 is 2.23 bits per heavy atom. The van der Waals surface area contributed by atoms with Gasteiger partial charge in [0.15, 0.2) is 5.79 Å². The molecule has 1 unspecified atom stereocenters. The van der Waals surface area contributed by atoms with Crippen LogP contribution in [-0.4, -0.2) is 104 Å². The lowest BCUT2D eigenvalue weighted by Crippen LogP contribution is -2.40. The summed E-state index contributed by atoms with van der Waals surface area (Å²) >= 11 is 0. The van der Waals surface area contributed by atoms with Gasteiger partial charge in [-0.05, 0) is 19.9 Å². The number of hydrogen-bond donors (Lipinski definition) is 0. The van der Waals surface area contributed by atoms with E-state index in [0.29, 0.717) is 59.5 Å². The quantitative estimate of drug-likeness (QED) is 0.314. The van der Waals surface area contributed by atoms with Gasteiger partial charge in [0.1, 0.15) is 13.4 Å². The van der Waals surface area contributed by atoms with Crippen LogP contribution >= 0.6 is 0 Å². The van der Waals surface area contributed by atoms with Gasteiger partial charge in [0.05, 0.1) is 52.9 Å². The van der Waals surface area contributed by atoms with Gasteiger partial charge in [0.25, 0.3) is 0 Å². The summed E-state index contributed by atoms with van der Waals surface area (Å²) in [6.07, 6.45) is 7.86. The van der Waals surface area contributed by atoms with Gasteiger partial charge in [-0.25, -0.2) is 0 Å². The zero-order valence-electron chi connectivity index (χ0n) is 20.2. The molecular weight excluding hydrogens is 402 g/mol. The number of ether oxygens (including phenoxy) is 7. The molecule has 1 atom stereocenters. The topological polar surface area (TPSA) is 67.9 Å². The Morgan fingerprint density at radius 2 is 1.48 bits per heavy atom. The fourth-order valence-electron chi connectivity index (χ4n) is 3.23. The van der Waals surface area contributed by atoms with Crippen LogP contribution in [0, 0.1) is 0 Å². The minimum absolute atomic E-state index is 0.119. The molecule has 1 heterocycles. The lowest BCUT2D eigenvalue weighted by Gasteiger charge is -2.29. The Hall–Kier alpha value is -0.320. The monoisotopic (exact) mass is 449 g/mol. The Kier molecular flexibility index (Phi) is 18.8. The predicted octanol–water partition coefficient (Wildman–Crippen LogP) is 3.08. The molecule has 1 fully saturated rings. The van der Waals surface area contributed by atoms with Crippen LogP contribution < -0.4 is 0 Å². The van der Waals surface area contributed by atoms with Crippen LogP contribution in [-0.2, 0) is 33.2 Å². The first-order valence-electron chi connectivity index (χ1n) is 12.0. The third-order valence-electron chi connectivity index (χ3n) is 5.18. The van der Waals surface area contributed by atoms with Gasteiger partial charge in [-0.15, -0.1) is 0 Å². The number of rotatable bonds is 13. The molecule has 1 aliphatic rings. The first-order valence-corrected chi connectivity index (χ1v) is 12.0. The second-order valence-electron chi connectivity index (χ2n) is 8.03. The van der Waals surface area contributed by atoms with Crippen molar-refractivity contribution < 1.29 is 33.2 Å². The van der Waals surface area contributed by atoms with Crippen LogP contribution in [0.1, 0.15) is 52.4 Å². The van der Waals surface area contributed by atoms with E-state index in [0.717, 1.165) is 19.6 Å². The maximum atomic E-state index is 5.91. The molecule has 0 radical (unpaired) electrons. The van der Waals surface area contributed by atoms with Crippen molar-refractivity contribution in [1.82, 2.24) is 4.90 Å². The molecule has 0 aromatic rings. The molecule has 186 valence electrons. The first-order chi connectivity index (χ1) is 15.2. The molecule has 0 bridgehead atoms. The van der Waals surface area contributed by atoms with E-state index < -0.39 is 5.79 Å². The highest BCUT2D eigenvalue weighted by Crippen LogP contribution is 2.14. The summed E-state index contributed by atoms with van der Waals surface area (Å²) in [5, 5.41) is 0. The third-order valence-corrected chi connectivity index (χ3v) is 5.18. The van der Waals surface area contributed by atoms with E-state index in [-0.39, 0.29) is 6.79 Å². The molecule has 0 aromatic heterocycles. The van der Waals surface area contributed by atoms with Gasteiger partial charge >= 0.3 is 0 Å². The van der Waals surface area contributed by atoms with E-state index in [1.165, 1.54) is 38.5 Å². The van der Waals surface area contributed by atoms with Gasteiger partial charge in [-0.1, -0.05) is 39.0 Å². The minimum Gasteiger partial charge on any atom is -0.382 e. The number of methoxy groups -OCH3 is 1.